The van der Waals surface area contributed by atoms with E-state index in [4.69, 9.17) is 4.98 Å². The topological polar surface area (TPSA) is 71.2 Å². The van der Waals surface area contributed by atoms with E-state index in [1.165, 1.54) is 0 Å². The Bertz CT molecular complexity index is 1210. The van der Waals surface area contributed by atoms with Crippen LogP contribution in [0.3, 0.4) is 0 Å². The molecule has 0 radical (unpaired) electrons. The molecule has 3 aromatic heterocycles. The second-order valence-electron chi connectivity index (χ2n) is 8.22. The lowest BCUT2D eigenvalue weighted by Crippen LogP contribution is -2.39. The van der Waals surface area contributed by atoms with Gasteiger partial charge in [0.05, 0.1) is 33.8 Å². The first kappa shape index (κ1) is 20.8. The number of rotatable bonds is 5. The van der Waals surface area contributed by atoms with Gasteiger partial charge in [-0.05, 0) is 48.8 Å². The lowest BCUT2D eigenvalue weighted by atomic mass is 9.87. The highest BCUT2D eigenvalue weighted by Crippen LogP contribution is 2.33. The summed E-state index contributed by atoms with van der Waals surface area (Å²) in [7, 11) is 0. The number of pyridine rings is 1. The predicted molar refractivity (Wildman–Crippen MR) is 127 cm³/mol. The van der Waals surface area contributed by atoms with E-state index in [9.17, 15) is 9.90 Å². The first-order chi connectivity index (χ1) is 15.7. The minimum Gasteiger partial charge on any atom is -0.388 e. The summed E-state index contributed by atoms with van der Waals surface area (Å²) in [5, 5.41) is 18.0. The summed E-state index contributed by atoms with van der Waals surface area (Å²) in [6, 6.07) is 15.7. The molecule has 1 atom stereocenters. The van der Waals surface area contributed by atoms with Gasteiger partial charge in [-0.2, -0.15) is 5.10 Å². The fourth-order valence-electron chi connectivity index (χ4n) is 4.52. The third-order valence-electron chi connectivity index (χ3n) is 6.33. The molecule has 5 rings (SSSR count). The second-order valence-corrected chi connectivity index (χ2v) is 9.16. The van der Waals surface area contributed by atoms with Crippen LogP contribution >= 0.6 is 11.3 Å². The zero-order valence-electron chi connectivity index (χ0n) is 18.0. The number of hydrogen-bond donors (Lipinski definition) is 1. The highest BCUT2D eigenvalue weighted by atomic mass is 32.1. The summed E-state index contributed by atoms with van der Waals surface area (Å²) in [5.41, 5.74) is 3.15. The van der Waals surface area contributed by atoms with Gasteiger partial charge in [-0.1, -0.05) is 36.4 Å². The van der Waals surface area contributed by atoms with Gasteiger partial charge in [-0.15, -0.1) is 11.3 Å². The van der Waals surface area contributed by atoms with Crippen LogP contribution in [0.2, 0.25) is 0 Å². The summed E-state index contributed by atoms with van der Waals surface area (Å²) in [6.07, 6.45) is 2.82. The van der Waals surface area contributed by atoms with E-state index < -0.39 is 6.10 Å². The number of piperidine rings is 1. The van der Waals surface area contributed by atoms with Crippen molar-refractivity contribution in [2.45, 2.75) is 32.4 Å². The number of aliphatic hydroxyl groups excluding tert-OH is 1. The molecule has 6 nitrogen and oxygen atoms in total. The Labute approximate surface area is 191 Å². The van der Waals surface area contributed by atoms with Crippen molar-refractivity contribution in [3.05, 3.63) is 71.2 Å². The van der Waals surface area contributed by atoms with E-state index in [1.807, 2.05) is 70.4 Å². The SMILES string of the molecule is CCn1ncc2c(C(=O)N3CCC([C@@H](O)c4ccccc4)CC3)cc(-c3cccs3)nc21. The number of fused-ring (bicyclic) bond motifs is 1. The van der Waals surface area contributed by atoms with Gasteiger partial charge in [-0.25, -0.2) is 9.67 Å². The van der Waals surface area contributed by atoms with Crippen molar-refractivity contribution in [3.8, 4) is 10.6 Å². The first-order valence-corrected chi connectivity index (χ1v) is 12.0. The van der Waals surface area contributed by atoms with Gasteiger partial charge < -0.3 is 10.0 Å². The van der Waals surface area contributed by atoms with E-state index in [1.54, 1.807) is 17.5 Å². The molecule has 1 N–H and O–H groups in total. The zero-order valence-corrected chi connectivity index (χ0v) is 18.8. The molecule has 4 heterocycles. The largest absolute Gasteiger partial charge is 0.388 e. The molecule has 1 aromatic carbocycles. The highest BCUT2D eigenvalue weighted by molar-refractivity contribution is 7.13. The lowest BCUT2D eigenvalue weighted by Gasteiger charge is -2.34. The van der Waals surface area contributed by atoms with Crippen LogP contribution in [0.4, 0.5) is 0 Å². The van der Waals surface area contributed by atoms with E-state index in [2.05, 4.69) is 5.10 Å². The van der Waals surface area contributed by atoms with E-state index in [0.717, 1.165) is 40.0 Å². The minimum atomic E-state index is -0.491. The summed E-state index contributed by atoms with van der Waals surface area (Å²) in [4.78, 5) is 21.3. The fourth-order valence-corrected chi connectivity index (χ4v) is 5.20. The van der Waals surface area contributed by atoms with Crippen molar-refractivity contribution in [1.82, 2.24) is 19.7 Å². The molecular formula is C25H26N4O2S. The average Bonchev–Trinajstić information content (AvgIpc) is 3.53. The molecule has 0 saturated carbocycles. The van der Waals surface area contributed by atoms with Gasteiger partial charge in [0.25, 0.3) is 5.91 Å². The molecule has 4 aromatic rings. The maximum atomic E-state index is 13.6. The molecule has 164 valence electrons. The number of thiophene rings is 1. The molecule has 1 aliphatic heterocycles. The fraction of sp³-hybridized carbons (Fsp3) is 0.320. The third-order valence-corrected chi connectivity index (χ3v) is 7.22. The van der Waals surface area contributed by atoms with E-state index >= 15 is 0 Å². The van der Waals surface area contributed by atoms with Gasteiger partial charge in [-0.3, -0.25) is 4.79 Å². The Morgan fingerprint density at radius 3 is 2.66 bits per heavy atom. The molecule has 0 spiro atoms. The van der Waals surface area contributed by atoms with Crippen molar-refractivity contribution in [3.63, 3.8) is 0 Å². The third kappa shape index (κ3) is 3.82. The van der Waals surface area contributed by atoms with Crippen molar-refractivity contribution >= 4 is 28.3 Å². The van der Waals surface area contributed by atoms with Crippen LogP contribution in [0.25, 0.3) is 21.6 Å². The first-order valence-electron chi connectivity index (χ1n) is 11.1. The van der Waals surface area contributed by atoms with Gasteiger partial charge >= 0.3 is 0 Å². The van der Waals surface area contributed by atoms with Crippen LogP contribution in [0, 0.1) is 5.92 Å². The van der Waals surface area contributed by atoms with Gasteiger partial charge in [0, 0.05) is 19.6 Å². The summed E-state index contributed by atoms with van der Waals surface area (Å²) < 4.78 is 1.84. The standard InChI is InChI=1S/C25H26N4O2S/c1-2-29-24-20(16-26-29)19(15-21(27-24)22-9-6-14-32-22)25(31)28-12-10-18(11-13-28)23(30)17-7-4-3-5-8-17/h3-9,14-16,18,23,30H,2,10-13H2,1H3/t23-/m0/s1. The molecule has 1 amide bonds. The number of carbonyl (C=O) groups excluding carboxylic acids is 1. The summed E-state index contributed by atoms with van der Waals surface area (Å²) in [5.74, 6) is 0.168. The molecule has 1 aliphatic rings. The molecule has 1 fully saturated rings. The van der Waals surface area contributed by atoms with Crippen LogP contribution < -0.4 is 0 Å². The monoisotopic (exact) mass is 446 g/mol. The van der Waals surface area contributed by atoms with E-state index in [-0.39, 0.29) is 11.8 Å². The van der Waals surface area contributed by atoms with Gasteiger partial charge in [0.2, 0.25) is 0 Å². The number of aryl methyl sites for hydroxylation is 1. The molecular weight excluding hydrogens is 420 g/mol. The molecule has 0 aliphatic carbocycles. The van der Waals surface area contributed by atoms with Crippen LogP contribution in [-0.4, -0.2) is 43.8 Å². The minimum absolute atomic E-state index is 0.0125. The Morgan fingerprint density at radius 2 is 1.97 bits per heavy atom. The smallest absolute Gasteiger partial charge is 0.254 e. The quantitative estimate of drug-likeness (QED) is 0.480. The van der Waals surface area contributed by atoms with Gasteiger partial charge in [0.1, 0.15) is 0 Å². The Kier molecular flexibility index (Phi) is 5.76. The zero-order chi connectivity index (χ0) is 22.1. The lowest BCUT2D eigenvalue weighted by molar-refractivity contribution is 0.0463. The maximum absolute atomic E-state index is 13.6. The number of carbonyl (C=O) groups is 1. The summed E-state index contributed by atoms with van der Waals surface area (Å²) in [6.45, 7) is 3.98. The average molecular weight is 447 g/mol. The predicted octanol–water partition coefficient (Wildman–Crippen LogP) is 4.77. The van der Waals surface area contributed by atoms with Crippen molar-refractivity contribution in [2.24, 2.45) is 5.92 Å². The van der Waals surface area contributed by atoms with Crippen molar-refractivity contribution in [2.75, 3.05) is 13.1 Å². The number of likely N-dealkylation sites (tertiary alicyclic amines) is 1. The van der Waals surface area contributed by atoms with Crippen molar-refractivity contribution in [1.29, 1.82) is 0 Å². The molecule has 32 heavy (non-hydrogen) atoms. The highest BCUT2D eigenvalue weighted by Gasteiger charge is 2.30. The molecule has 7 heteroatoms. The number of benzene rings is 1. The maximum Gasteiger partial charge on any atom is 0.254 e. The Balaban J connectivity index is 1.40. The van der Waals surface area contributed by atoms with Crippen LogP contribution in [0.1, 0.15) is 41.8 Å². The Hall–Kier alpha value is -3.03. The second kappa shape index (κ2) is 8.84. The molecule has 0 unspecified atom stereocenters. The number of hydrogen-bond acceptors (Lipinski definition) is 5. The normalized spacial score (nSPS) is 15.9. The number of amides is 1. The molecule has 1 saturated heterocycles. The number of aliphatic hydroxyl groups is 1. The van der Waals surface area contributed by atoms with Crippen LogP contribution in [0.5, 0.6) is 0 Å². The van der Waals surface area contributed by atoms with E-state index in [0.29, 0.717) is 25.2 Å². The number of nitrogens with zero attached hydrogens (tertiary/aromatic N) is 4. The van der Waals surface area contributed by atoms with Crippen LogP contribution in [0.15, 0.2) is 60.1 Å². The van der Waals surface area contributed by atoms with Gasteiger partial charge in [0.15, 0.2) is 5.65 Å². The Morgan fingerprint density at radius 1 is 1.19 bits per heavy atom. The molecule has 0 bridgehead atoms. The summed E-state index contributed by atoms with van der Waals surface area (Å²) >= 11 is 1.61. The van der Waals surface area contributed by atoms with Crippen LogP contribution in [-0.2, 0) is 6.54 Å². The number of aromatic nitrogens is 3. The van der Waals surface area contributed by atoms with Crippen molar-refractivity contribution < 1.29 is 9.90 Å².